The maximum absolute atomic E-state index is 11.7. The molecule has 1 N–H and O–H groups in total. The van der Waals surface area contributed by atoms with Gasteiger partial charge in [0, 0.05) is 19.0 Å². The first-order chi connectivity index (χ1) is 9.63. The van der Waals surface area contributed by atoms with Gasteiger partial charge in [-0.2, -0.15) is 0 Å². The van der Waals surface area contributed by atoms with E-state index in [4.69, 9.17) is 4.74 Å². The lowest BCUT2D eigenvalue weighted by atomic mass is 9.93. The summed E-state index contributed by atoms with van der Waals surface area (Å²) in [6.07, 6.45) is 1.89. The maximum atomic E-state index is 11.7. The zero-order valence-corrected chi connectivity index (χ0v) is 11.1. The van der Waals surface area contributed by atoms with E-state index in [1.807, 2.05) is 12.1 Å². The number of ether oxygens (including phenoxy) is 1. The number of aromatic carboxylic acids is 1. The summed E-state index contributed by atoms with van der Waals surface area (Å²) in [6.45, 7) is 4.74. The number of likely N-dealkylation sites (tertiary alicyclic amines) is 1. The monoisotopic (exact) mass is 275 g/mol. The Morgan fingerprint density at radius 1 is 1.45 bits per heavy atom. The Kier molecular flexibility index (Phi) is 4.40. The first-order valence-electron chi connectivity index (χ1n) is 6.48. The van der Waals surface area contributed by atoms with Crippen molar-refractivity contribution in [1.82, 2.24) is 4.90 Å². The fourth-order valence-electron chi connectivity index (χ4n) is 2.45. The zero-order chi connectivity index (χ0) is 14.5. The van der Waals surface area contributed by atoms with Gasteiger partial charge in [-0.05, 0) is 18.1 Å². The molecule has 1 aliphatic rings. The summed E-state index contributed by atoms with van der Waals surface area (Å²) >= 11 is 0. The summed E-state index contributed by atoms with van der Waals surface area (Å²) < 4.78 is 4.99. The van der Waals surface area contributed by atoms with Crippen molar-refractivity contribution < 1.29 is 19.4 Å². The predicted octanol–water partition coefficient (Wildman–Crippen LogP) is 2.50. The molecule has 5 heteroatoms. The van der Waals surface area contributed by atoms with Crippen LogP contribution >= 0.6 is 0 Å². The van der Waals surface area contributed by atoms with Gasteiger partial charge in [-0.3, -0.25) is 0 Å². The fourth-order valence-corrected chi connectivity index (χ4v) is 2.45. The highest BCUT2D eigenvalue weighted by atomic mass is 16.6. The standard InChI is InChI=1S/C15H17NO4/c1-2-9-20-15(19)16-8-7-11(10-16)12-5-3-4-6-13(12)14(17)18/h2-6,11H,1,7-10H2,(H,17,18). The van der Waals surface area contributed by atoms with Crippen LogP contribution in [0.3, 0.4) is 0 Å². The molecule has 0 bridgehead atoms. The minimum absolute atomic E-state index is 0.0404. The molecule has 1 aliphatic heterocycles. The van der Waals surface area contributed by atoms with Crippen LogP contribution in [0.15, 0.2) is 36.9 Å². The molecule has 0 saturated carbocycles. The summed E-state index contributed by atoms with van der Waals surface area (Å²) in [5.41, 5.74) is 1.08. The Balaban J connectivity index is 2.08. The Bertz CT molecular complexity index is 526. The summed E-state index contributed by atoms with van der Waals surface area (Å²) in [6, 6.07) is 6.93. The number of benzene rings is 1. The van der Waals surface area contributed by atoms with Gasteiger partial charge in [0.2, 0.25) is 0 Å². The van der Waals surface area contributed by atoms with Crippen LogP contribution in [0.2, 0.25) is 0 Å². The van der Waals surface area contributed by atoms with Crippen molar-refractivity contribution in [2.75, 3.05) is 19.7 Å². The molecule has 0 aromatic heterocycles. The number of carboxylic acid groups (broad SMARTS) is 1. The van der Waals surface area contributed by atoms with E-state index >= 15 is 0 Å². The molecule has 1 fully saturated rings. The normalized spacial score (nSPS) is 17.8. The molecule has 0 spiro atoms. The van der Waals surface area contributed by atoms with Gasteiger partial charge in [0.05, 0.1) is 5.56 Å². The highest BCUT2D eigenvalue weighted by Gasteiger charge is 2.30. The Morgan fingerprint density at radius 2 is 2.20 bits per heavy atom. The average molecular weight is 275 g/mol. The second-order valence-corrected chi connectivity index (χ2v) is 4.69. The second kappa shape index (κ2) is 6.23. The molecule has 1 heterocycles. The number of hydrogen-bond donors (Lipinski definition) is 1. The molecule has 1 unspecified atom stereocenters. The van der Waals surface area contributed by atoms with Gasteiger partial charge in [-0.15, -0.1) is 0 Å². The highest BCUT2D eigenvalue weighted by Crippen LogP contribution is 2.29. The smallest absolute Gasteiger partial charge is 0.410 e. The van der Waals surface area contributed by atoms with E-state index < -0.39 is 5.97 Å². The summed E-state index contributed by atoms with van der Waals surface area (Å²) in [5.74, 6) is -0.896. The third-order valence-corrected chi connectivity index (χ3v) is 3.40. The van der Waals surface area contributed by atoms with Crippen molar-refractivity contribution in [1.29, 1.82) is 0 Å². The van der Waals surface area contributed by atoms with Crippen LogP contribution in [0, 0.1) is 0 Å². The summed E-state index contributed by atoms with van der Waals surface area (Å²) in [7, 11) is 0. The average Bonchev–Trinajstić information content (AvgIpc) is 2.94. The van der Waals surface area contributed by atoms with Gasteiger partial charge in [-0.1, -0.05) is 30.9 Å². The summed E-state index contributed by atoms with van der Waals surface area (Å²) in [4.78, 5) is 24.6. The van der Waals surface area contributed by atoms with Crippen molar-refractivity contribution >= 4 is 12.1 Å². The van der Waals surface area contributed by atoms with Gasteiger partial charge < -0.3 is 14.7 Å². The van der Waals surface area contributed by atoms with Gasteiger partial charge in [-0.25, -0.2) is 9.59 Å². The van der Waals surface area contributed by atoms with Crippen LogP contribution in [0.4, 0.5) is 4.79 Å². The van der Waals surface area contributed by atoms with E-state index in [2.05, 4.69) is 6.58 Å². The molecule has 0 aliphatic carbocycles. The topological polar surface area (TPSA) is 66.8 Å². The number of hydrogen-bond acceptors (Lipinski definition) is 3. The second-order valence-electron chi connectivity index (χ2n) is 4.69. The number of nitrogens with zero attached hydrogens (tertiary/aromatic N) is 1. The van der Waals surface area contributed by atoms with Gasteiger partial charge in [0.25, 0.3) is 0 Å². The minimum Gasteiger partial charge on any atom is -0.478 e. The lowest BCUT2D eigenvalue weighted by molar-refractivity contribution is 0.0695. The number of carbonyl (C=O) groups is 2. The number of amides is 1. The molecular weight excluding hydrogens is 258 g/mol. The largest absolute Gasteiger partial charge is 0.478 e. The highest BCUT2D eigenvalue weighted by molar-refractivity contribution is 5.89. The Hall–Kier alpha value is -2.30. The van der Waals surface area contributed by atoms with Crippen LogP contribution in [-0.2, 0) is 4.74 Å². The lowest BCUT2D eigenvalue weighted by Gasteiger charge is -2.16. The summed E-state index contributed by atoms with van der Waals surface area (Å²) in [5, 5.41) is 9.20. The molecule has 1 aromatic carbocycles. The van der Waals surface area contributed by atoms with E-state index in [1.165, 1.54) is 6.08 Å². The van der Waals surface area contributed by atoms with Crippen molar-refractivity contribution in [3.63, 3.8) is 0 Å². The van der Waals surface area contributed by atoms with Crippen LogP contribution in [0.25, 0.3) is 0 Å². The molecule has 1 saturated heterocycles. The van der Waals surface area contributed by atoms with E-state index in [-0.39, 0.29) is 18.6 Å². The van der Waals surface area contributed by atoms with Crippen LogP contribution < -0.4 is 0 Å². The maximum Gasteiger partial charge on any atom is 0.410 e. The zero-order valence-electron chi connectivity index (χ0n) is 11.1. The number of rotatable bonds is 4. The molecule has 1 aromatic rings. The third-order valence-electron chi connectivity index (χ3n) is 3.40. The molecule has 1 amide bonds. The molecule has 5 nitrogen and oxygen atoms in total. The fraction of sp³-hybridized carbons (Fsp3) is 0.333. The quantitative estimate of drug-likeness (QED) is 0.857. The van der Waals surface area contributed by atoms with Crippen molar-refractivity contribution in [2.24, 2.45) is 0 Å². The Labute approximate surface area is 117 Å². The molecule has 106 valence electrons. The molecule has 2 rings (SSSR count). The van der Waals surface area contributed by atoms with E-state index in [1.54, 1.807) is 17.0 Å². The number of carbonyl (C=O) groups excluding carboxylic acids is 1. The van der Waals surface area contributed by atoms with E-state index in [0.717, 1.165) is 12.0 Å². The Morgan fingerprint density at radius 3 is 2.90 bits per heavy atom. The molecule has 20 heavy (non-hydrogen) atoms. The van der Waals surface area contributed by atoms with Gasteiger partial charge >= 0.3 is 12.1 Å². The predicted molar refractivity (Wildman–Crippen MR) is 73.9 cm³/mol. The molecule has 1 atom stereocenters. The van der Waals surface area contributed by atoms with Crippen molar-refractivity contribution in [3.8, 4) is 0 Å². The van der Waals surface area contributed by atoms with Gasteiger partial charge in [0.15, 0.2) is 0 Å². The van der Waals surface area contributed by atoms with Crippen molar-refractivity contribution in [2.45, 2.75) is 12.3 Å². The van der Waals surface area contributed by atoms with E-state index in [0.29, 0.717) is 18.7 Å². The number of carboxylic acids is 1. The SMILES string of the molecule is C=CCOC(=O)N1CCC(c2ccccc2C(=O)O)C1. The van der Waals surface area contributed by atoms with Crippen LogP contribution in [0.1, 0.15) is 28.3 Å². The van der Waals surface area contributed by atoms with Crippen molar-refractivity contribution in [3.05, 3.63) is 48.0 Å². The minimum atomic E-state index is -0.937. The van der Waals surface area contributed by atoms with Gasteiger partial charge in [0.1, 0.15) is 6.61 Å². The first-order valence-corrected chi connectivity index (χ1v) is 6.48. The van der Waals surface area contributed by atoms with Crippen LogP contribution in [-0.4, -0.2) is 41.8 Å². The lowest BCUT2D eigenvalue weighted by Crippen LogP contribution is -2.29. The first kappa shape index (κ1) is 14.1. The molecular formula is C15H17NO4. The third kappa shape index (κ3) is 2.99. The molecule has 0 radical (unpaired) electrons. The van der Waals surface area contributed by atoms with E-state index in [9.17, 15) is 14.7 Å². The van der Waals surface area contributed by atoms with Crippen LogP contribution in [0.5, 0.6) is 0 Å².